The molecule has 4 rings (SSSR count). The first-order valence-corrected chi connectivity index (χ1v) is 7.58. The van der Waals surface area contributed by atoms with Crippen molar-refractivity contribution in [2.45, 2.75) is 5.92 Å². The highest BCUT2D eigenvalue weighted by Crippen LogP contribution is 2.48. The Morgan fingerprint density at radius 1 is 1.04 bits per heavy atom. The van der Waals surface area contributed by atoms with Gasteiger partial charge in [-0.1, -0.05) is 54.6 Å². The Kier molecular flexibility index (Phi) is 3.14. The third-order valence-corrected chi connectivity index (χ3v) is 4.33. The van der Waals surface area contributed by atoms with Crippen LogP contribution in [-0.2, 0) is 0 Å². The molecule has 1 aliphatic heterocycles. The van der Waals surface area contributed by atoms with E-state index in [1.54, 1.807) is 0 Å². The lowest BCUT2D eigenvalue weighted by atomic mass is 9.82. The molecule has 24 heavy (non-hydrogen) atoms. The van der Waals surface area contributed by atoms with Gasteiger partial charge in [0.1, 0.15) is 11.6 Å². The van der Waals surface area contributed by atoms with E-state index in [1.807, 2.05) is 60.7 Å². The number of phenols is 1. The Labute approximate surface area is 139 Å². The van der Waals surface area contributed by atoms with Gasteiger partial charge in [0.25, 0.3) is 0 Å². The van der Waals surface area contributed by atoms with E-state index in [0.29, 0.717) is 16.7 Å². The van der Waals surface area contributed by atoms with E-state index >= 15 is 0 Å². The molecule has 1 heterocycles. The minimum Gasteiger partial charge on any atom is -0.504 e. The monoisotopic (exact) mass is 314 g/mol. The fourth-order valence-electron chi connectivity index (χ4n) is 3.23. The Bertz CT molecular complexity index is 1020. The second kappa shape index (κ2) is 5.32. The number of hydrogen-bond donors (Lipinski definition) is 2. The molecule has 0 spiro atoms. The number of benzene rings is 3. The highest BCUT2D eigenvalue weighted by molar-refractivity contribution is 5.92. The third-order valence-electron chi connectivity index (χ3n) is 4.33. The average Bonchev–Trinajstić information content (AvgIpc) is 2.62. The van der Waals surface area contributed by atoms with E-state index in [-0.39, 0.29) is 17.6 Å². The molecule has 0 saturated carbocycles. The van der Waals surface area contributed by atoms with Crippen LogP contribution >= 0.6 is 0 Å². The molecule has 4 heteroatoms. The highest BCUT2D eigenvalue weighted by Gasteiger charge is 2.33. The van der Waals surface area contributed by atoms with Crippen molar-refractivity contribution in [3.8, 4) is 17.6 Å². The quantitative estimate of drug-likeness (QED) is 0.716. The molecule has 1 atom stereocenters. The first-order valence-electron chi connectivity index (χ1n) is 7.58. The number of phenolic OH excluding ortho intramolecular Hbond substituents is 1. The van der Waals surface area contributed by atoms with Crippen LogP contribution in [0, 0.1) is 11.3 Å². The second-order valence-corrected chi connectivity index (χ2v) is 5.70. The van der Waals surface area contributed by atoms with Gasteiger partial charge in [-0.2, -0.15) is 5.26 Å². The van der Waals surface area contributed by atoms with Crippen LogP contribution < -0.4 is 10.5 Å². The number of nitrogens with two attached hydrogens (primary N) is 1. The maximum Gasteiger partial charge on any atom is 0.205 e. The first-order chi connectivity index (χ1) is 11.7. The topological polar surface area (TPSA) is 79.3 Å². The van der Waals surface area contributed by atoms with Gasteiger partial charge in [0, 0.05) is 10.9 Å². The molecule has 3 N–H and O–H groups in total. The largest absolute Gasteiger partial charge is 0.504 e. The van der Waals surface area contributed by atoms with E-state index in [9.17, 15) is 10.4 Å². The summed E-state index contributed by atoms with van der Waals surface area (Å²) in [5.74, 6) is 0.0305. The zero-order valence-corrected chi connectivity index (χ0v) is 12.7. The van der Waals surface area contributed by atoms with Crippen LogP contribution in [-0.4, -0.2) is 5.11 Å². The van der Waals surface area contributed by atoms with E-state index < -0.39 is 0 Å². The minimum absolute atomic E-state index is 0.0319. The van der Waals surface area contributed by atoms with E-state index in [1.165, 1.54) is 0 Å². The summed E-state index contributed by atoms with van der Waals surface area (Å²) in [6, 6.07) is 21.2. The molecule has 116 valence electrons. The van der Waals surface area contributed by atoms with E-state index in [2.05, 4.69) is 6.07 Å². The summed E-state index contributed by atoms with van der Waals surface area (Å²) < 4.78 is 5.61. The Hall–Kier alpha value is -3.45. The summed E-state index contributed by atoms with van der Waals surface area (Å²) in [4.78, 5) is 0. The fraction of sp³-hybridized carbons (Fsp3) is 0.0500. The second-order valence-electron chi connectivity index (χ2n) is 5.70. The summed E-state index contributed by atoms with van der Waals surface area (Å²) in [7, 11) is 0. The molecule has 0 fully saturated rings. The molecular formula is C20H14N2O2. The zero-order valence-electron chi connectivity index (χ0n) is 12.7. The summed E-state index contributed by atoms with van der Waals surface area (Å²) in [6.07, 6.45) is 0. The number of ether oxygens (including phenoxy) is 1. The van der Waals surface area contributed by atoms with Crippen molar-refractivity contribution < 1.29 is 9.84 Å². The Morgan fingerprint density at radius 2 is 1.75 bits per heavy atom. The molecule has 0 aromatic heterocycles. The lowest BCUT2D eigenvalue weighted by Crippen LogP contribution is -2.21. The lowest BCUT2D eigenvalue weighted by Gasteiger charge is -2.27. The number of hydrogen-bond acceptors (Lipinski definition) is 4. The molecule has 0 saturated heterocycles. The van der Waals surface area contributed by atoms with Crippen molar-refractivity contribution in [1.29, 1.82) is 5.26 Å². The van der Waals surface area contributed by atoms with Crippen molar-refractivity contribution in [3.05, 3.63) is 83.2 Å². The Morgan fingerprint density at radius 3 is 2.50 bits per heavy atom. The number of aromatic hydroxyl groups is 1. The molecule has 0 radical (unpaired) electrons. The normalized spacial score (nSPS) is 16.4. The van der Waals surface area contributed by atoms with Crippen LogP contribution in [0.25, 0.3) is 10.8 Å². The lowest BCUT2D eigenvalue weighted by molar-refractivity contribution is 0.361. The predicted molar refractivity (Wildman–Crippen MR) is 91.4 cm³/mol. The van der Waals surface area contributed by atoms with Crippen molar-refractivity contribution >= 4 is 10.8 Å². The smallest absolute Gasteiger partial charge is 0.205 e. The van der Waals surface area contributed by atoms with Gasteiger partial charge in [-0.15, -0.1) is 0 Å². The zero-order chi connectivity index (χ0) is 16.7. The molecule has 0 aliphatic carbocycles. The SMILES string of the molecule is N#CC1=C(N)Oc2c(cc3ccccc3c2O)[C@H]1c1ccccc1. The maximum absolute atomic E-state index is 10.7. The number of nitrogens with zero attached hydrogens (tertiary/aromatic N) is 1. The molecule has 3 aromatic rings. The van der Waals surface area contributed by atoms with E-state index in [0.717, 1.165) is 16.5 Å². The molecule has 4 nitrogen and oxygen atoms in total. The summed E-state index contributed by atoms with van der Waals surface area (Å²) in [5.41, 5.74) is 7.99. The fourth-order valence-corrected chi connectivity index (χ4v) is 3.23. The number of nitriles is 1. The van der Waals surface area contributed by atoms with E-state index in [4.69, 9.17) is 10.5 Å². The molecule has 1 aliphatic rings. The van der Waals surface area contributed by atoms with Gasteiger partial charge in [0.15, 0.2) is 11.5 Å². The number of rotatable bonds is 1. The molecule has 0 bridgehead atoms. The van der Waals surface area contributed by atoms with Crippen LogP contribution in [0.3, 0.4) is 0 Å². The van der Waals surface area contributed by atoms with Crippen molar-refractivity contribution in [2.24, 2.45) is 5.73 Å². The standard InChI is InChI=1S/C20H14N2O2/c21-11-16-17(12-6-2-1-3-7-12)15-10-13-8-4-5-9-14(13)18(23)19(15)24-20(16)22/h1-10,17,23H,22H2/t17-/m1/s1. The minimum atomic E-state index is -0.365. The number of fused-ring (bicyclic) bond motifs is 2. The third kappa shape index (κ3) is 1.99. The maximum atomic E-state index is 10.7. The van der Waals surface area contributed by atoms with Crippen LogP contribution in [0.5, 0.6) is 11.5 Å². The molecule has 3 aromatic carbocycles. The van der Waals surface area contributed by atoms with Gasteiger partial charge in [-0.3, -0.25) is 0 Å². The molecule has 0 unspecified atom stereocenters. The van der Waals surface area contributed by atoms with Gasteiger partial charge in [-0.25, -0.2) is 0 Å². The van der Waals surface area contributed by atoms with Gasteiger partial charge in [-0.05, 0) is 17.0 Å². The Balaban J connectivity index is 2.06. The predicted octanol–water partition coefficient (Wildman–Crippen LogP) is 3.76. The summed E-state index contributed by atoms with van der Waals surface area (Å²) >= 11 is 0. The van der Waals surface area contributed by atoms with Crippen molar-refractivity contribution in [1.82, 2.24) is 0 Å². The van der Waals surface area contributed by atoms with Gasteiger partial charge < -0.3 is 15.6 Å². The highest BCUT2D eigenvalue weighted by atomic mass is 16.5. The first kappa shape index (κ1) is 14.2. The van der Waals surface area contributed by atoms with Crippen LogP contribution in [0.4, 0.5) is 0 Å². The summed E-state index contributed by atoms with van der Waals surface area (Å²) in [5, 5.41) is 21.8. The van der Waals surface area contributed by atoms with Gasteiger partial charge in [0.2, 0.25) is 5.88 Å². The van der Waals surface area contributed by atoms with Crippen molar-refractivity contribution in [2.75, 3.05) is 0 Å². The summed E-state index contributed by atoms with van der Waals surface area (Å²) in [6.45, 7) is 0. The van der Waals surface area contributed by atoms with Gasteiger partial charge >= 0.3 is 0 Å². The van der Waals surface area contributed by atoms with Gasteiger partial charge in [0.05, 0.1) is 5.92 Å². The average molecular weight is 314 g/mol. The number of allylic oxidation sites excluding steroid dienone is 1. The van der Waals surface area contributed by atoms with Crippen LogP contribution in [0.15, 0.2) is 72.1 Å². The molecule has 0 amide bonds. The van der Waals surface area contributed by atoms with Crippen molar-refractivity contribution in [3.63, 3.8) is 0 Å². The van der Waals surface area contributed by atoms with Crippen LogP contribution in [0.2, 0.25) is 0 Å². The molecular weight excluding hydrogens is 300 g/mol. The van der Waals surface area contributed by atoms with Crippen LogP contribution in [0.1, 0.15) is 17.0 Å².